The van der Waals surface area contributed by atoms with Crippen LogP contribution in [0.25, 0.3) is 0 Å². The number of ketones is 1. The zero-order chi connectivity index (χ0) is 9.56. The van der Waals surface area contributed by atoms with Gasteiger partial charge in [0, 0.05) is 6.42 Å². The van der Waals surface area contributed by atoms with E-state index in [0.29, 0.717) is 12.2 Å². The molecule has 0 rings (SSSR count). The van der Waals surface area contributed by atoms with Crippen LogP contribution in [0.3, 0.4) is 0 Å². The summed E-state index contributed by atoms with van der Waals surface area (Å²) in [6.07, 6.45) is 1.77. The van der Waals surface area contributed by atoms with Crippen molar-refractivity contribution in [1.82, 2.24) is 4.90 Å². The van der Waals surface area contributed by atoms with Crippen molar-refractivity contribution in [2.75, 3.05) is 13.1 Å². The fourth-order valence-corrected chi connectivity index (χ4v) is 1.41. The Kier molecular flexibility index (Phi) is 5.99. The molecule has 0 spiro atoms. The van der Waals surface area contributed by atoms with Crippen molar-refractivity contribution in [2.45, 2.75) is 46.6 Å². The van der Waals surface area contributed by atoms with Gasteiger partial charge in [-0.2, -0.15) is 0 Å². The second-order valence-electron chi connectivity index (χ2n) is 3.12. The van der Waals surface area contributed by atoms with Crippen LogP contribution in [-0.4, -0.2) is 29.8 Å². The van der Waals surface area contributed by atoms with E-state index in [2.05, 4.69) is 18.7 Å². The Balaban J connectivity index is 4.00. The Morgan fingerprint density at radius 1 is 1.33 bits per heavy atom. The summed E-state index contributed by atoms with van der Waals surface area (Å²) in [6.45, 7) is 10.2. The average molecular weight is 171 g/mol. The van der Waals surface area contributed by atoms with E-state index in [-0.39, 0.29) is 6.04 Å². The van der Waals surface area contributed by atoms with Gasteiger partial charge in [0.25, 0.3) is 0 Å². The van der Waals surface area contributed by atoms with Crippen molar-refractivity contribution >= 4 is 5.78 Å². The molecule has 72 valence electrons. The monoisotopic (exact) mass is 171 g/mol. The fourth-order valence-electron chi connectivity index (χ4n) is 1.41. The molecular weight excluding hydrogens is 150 g/mol. The molecule has 0 aromatic rings. The number of carbonyl (C=O) groups excluding carboxylic acids is 1. The van der Waals surface area contributed by atoms with E-state index < -0.39 is 0 Å². The third kappa shape index (κ3) is 3.35. The zero-order valence-corrected chi connectivity index (χ0v) is 8.76. The normalized spacial score (nSPS) is 13.4. The van der Waals surface area contributed by atoms with Crippen LogP contribution in [0.1, 0.15) is 40.5 Å². The minimum atomic E-state index is 0.111. The van der Waals surface area contributed by atoms with E-state index in [9.17, 15) is 4.79 Å². The molecule has 2 heteroatoms. The summed E-state index contributed by atoms with van der Waals surface area (Å²) in [7, 11) is 0. The number of likely N-dealkylation sites (N-methyl/N-ethyl adjacent to an activating group) is 1. The molecule has 0 aromatic carbocycles. The van der Waals surface area contributed by atoms with Crippen LogP contribution in [0.4, 0.5) is 0 Å². The molecule has 0 aliphatic carbocycles. The molecule has 0 aliphatic rings. The first-order valence-corrected chi connectivity index (χ1v) is 4.94. The highest BCUT2D eigenvalue weighted by Gasteiger charge is 2.16. The highest BCUT2D eigenvalue weighted by atomic mass is 16.1. The highest BCUT2D eigenvalue weighted by Crippen LogP contribution is 2.03. The summed E-state index contributed by atoms with van der Waals surface area (Å²) in [6, 6.07) is 0.111. The van der Waals surface area contributed by atoms with E-state index in [1.807, 2.05) is 13.8 Å². The molecule has 0 N–H and O–H groups in total. The van der Waals surface area contributed by atoms with Crippen molar-refractivity contribution in [3.63, 3.8) is 0 Å². The van der Waals surface area contributed by atoms with Crippen molar-refractivity contribution in [2.24, 2.45) is 0 Å². The summed E-state index contributed by atoms with van der Waals surface area (Å²) in [5.41, 5.74) is 0. The third-order valence-corrected chi connectivity index (χ3v) is 2.28. The molecule has 0 amide bonds. The van der Waals surface area contributed by atoms with Crippen molar-refractivity contribution < 1.29 is 4.79 Å². The van der Waals surface area contributed by atoms with Crippen molar-refractivity contribution in [3.8, 4) is 0 Å². The quantitative estimate of drug-likeness (QED) is 0.610. The van der Waals surface area contributed by atoms with Crippen LogP contribution in [0, 0.1) is 0 Å². The van der Waals surface area contributed by atoms with Gasteiger partial charge in [-0.1, -0.05) is 20.8 Å². The van der Waals surface area contributed by atoms with Crippen LogP contribution < -0.4 is 0 Å². The van der Waals surface area contributed by atoms with Crippen LogP contribution in [0.5, 0.6) is 0 Å². The van der Waals surface area contributed by atoms with Gasteiger partial charge in [-0.05, 0) is 26.4 Å². The lowest BCUT2D eigenvalue weighted by molar-refractivity contribution is -0.123. The van der Waals surface area contributed by atoms with E-state index >= 15 is 0 Å². The van der Waals surface area contributed by atoms with E-state index in [1.165, 1.54) is 0 Å². The van der Waals surface area contributed by atoms with Gasteiger partial charge in [0.05, 0.1) is 6.04 Å². The number of hydrogen-bond acceptors (Lipinski definition) is 2. The van der Waals surface area contributed by atoms with E-state index in [0.717, 1.165) is 19.5 Å². The lowest BCUT2D eigenvalue weighted by Gasteiger charge is -2.25. The minimum absolute atomic E-state index is 0.111. The molecule has 12 heavy (non-hydrogen) atoms. The Labute approximate surface area is 75.9 Å². The van der Waals surface area contributed by atoms with Gasteiger partial charge in [-0.25, -0.2) is 0 Å². The van der Waals surface area contributed by atoms with Crippen molar-refractivity contribution in [3.05, 3.63) is 0 Å². The van der Waals surface area contributed by atoms with Crippen LogP contribution in [-0.2, 0) is 4.79 Å². The lowest BCUT2D eigenvalue weighted by atomic mass is 10.1. The van der Waals surface area contributed by atoms with Crippen LogP contribution in [0.15, 0.2) is 0 Å². The lowest BCUT2D eigenvalue weighted by Crippen LogP contribution is -2.39. The van der Waals surface area contributed by atoms with Gasteiger partial charge < -0.3 is 0 Å². The first kappa shape index (κ1) is 11.6. The number of Topliss-reactive ketones (excluding diaryl/α,β-unsaturated/α-hetero) is 1. The molecule has 0 fully saturated rings. The van der Waals surface area contributed by atoms with Gasteiger partial charge in [0.2, 0.25) is 0 Å². The maximum atomic E-state index is 11.3. The Bertz CT molecular complexity index is 134. The van der Waals surface area contributed by atoms with Crippen LogP contribution >= 0.6 is 0 Å². The molecule has 0 heterocycles. The van der Waals surface area contributed by atoms with E-state index in [1.54, 1.807) is 0 Å². The summed E-state index contributed by atoms with van der Waals surface area (Å²) in [5, 5.41) is 0. The number of rotatable bonds is 6. The molecule has 1 atom stereocenters. The first-order valence-electron chi connectivity index (χ1n) is 4.94. The summed E-state index contributed by atoms with van der Waals surface area (Å²) < 4.78 is 0. The van der Waals surface area contributed by atoms with E-state index in [4.69, 9.17) is 0 Å². The predicted molar refractivity (Wildman–Crippen MR) is 52.3 cm³/mol. The molecule has 0 radical (unpaired) electrons. The SMILES string of the molecule is CCCN(CC)[C@@H](C)C(=O)CC. The predicted octanol–water partition coefficient (Wildman–Crippen LogP) is 2.09. The third-order valence-electron chi connectivity index (χ3n) is 2.28. The molecule has 0 saturated heterocycles. The zero-order valence-electron chi connectivity index (χ0n) is 8.76. The van der Waals surface area contributed by atoms with Crippen molar-refractivity contribution in [1.29, 1.82) is 0 Å². The van der Waals surface area contributed by atoms with Gasteiger partial charge in [-0.15, -0.1) is 0 Å². The Hall–Kier alpha value is -0.370. The fraction of sp³-hybridized carbons (Fsp3) is 0.900. The number of carbonyl (C=O) groups is 1. The Morgan fingerprint density at radius 2 is 1.92 bits per heavy atom. The molecule has 2 nitrogen and oxygen atoms in total. The van der Waals surface area contributed by atoms with Gasteiger partial charge in [0.15, 0.2) is 0 Å². The maximum absolute atomic E-state index is 11.3. The average Bonchev–Trinajstić information content (AvgIpc) is 2.11. The van der Waals surface area contributed by atoms with Crippen LogP contribution in [0.2, 0.25) is 0 Å². The van der Waals surface area contributed by atoms with Gasteiger partial charge in [-0.3, -0.25) is 9.69 Å². The number of hydrogen-bond donors (Lipinski definition) is 0. The maximum Gasteiger partial charge on any atom is 0.149 e. The second kappa shape index (κ2) is 6.18. The minimum Gasteiger partial charge on any atom is -0.298 e. The summed E-state index contributed by atoms with van der Waals surface area (Å²) in [4.78, 5) is 13.6. The topological polar surface area (TPSA) is 20.3 Å². The molecule has 0 aliphatic heterocycles. The highest BCUT2D eigenvalue weighted by molar-refractivity contribution is 5.83. The molecule has 0 bridgehead atoms. The van der Waals surface area contributed by atoms with Gasteiger partial charge >= 0.3 is 0 Å². The first-order chi connectivity index (χ1) is 5.67. The molecular formula is C10H21NO. The Morgan fingerprint density at radius 3 is 2.25 bits per heavy atom. The summed E-state index contributed by atoms with van der Waals surface area (Å²) in [5.74, 6) is 0.352. The largest absolute Gasteiger partial charge is 0.298 e. The smallest absolute Gasteiger partial charge is 0.149 e. The van der Waals surface area contributed by atoms with Gasteiger partial charge in [0.1, 0.15) is 5.78 Å². The second-order valence-corrected chi connectivity index (χ2v) is 3.12. The number of nitrogens with zero attached hydrogens (tertiary/aromatic N) is 1. The summed E-state index contributed by atoms with van der Waals surface area (Å²) >= 11 is 0. The standard InChI is InChI=1S/C10H21NO/c1-5-8-11(7-3)9(4)10(12)6-2/h9H,5-8H2,1-4H3/t9-/m0/s1. The molecule has 0 aromatic heterocycles. The molecule has 0 unspecified atom stereocenters. The molecule has 0 saturated carbocycles.